The summed E-state index contributed by atoms with van der Waals surface area (Å²) in [7, 11) is 0. The quantitative estimate of drug-likeness (QED) is 0.758. The maximum atomic E-state index is 12.4. The van der Waals surface area contributed by atoms with Gasteiger partial charge in [0.15, 0.2) is 0 Å². The van der Waals surface area contributed by atoms with Crippen molar-refractivity contribution in [3.05, 3.63) is 59.7 Å². The second kappa shape index (κ2) is 10.2. The zero-order chi connectivity index (χ0) is 20.6. The first kappa shape index (κ1) is 21.0. The number of carbonyl (C=O) groups is 2. The second-order valence-electron chi connectivity index (χ2n) is 7.58. The fraction of sp³-hybridized carbons (Fsp3) is 0.391. The highest BCUT2D eigenvalue weighted by Crippen LogP contribution is 2.18. The summed E-state index contributed by atoms with van der Waals surface area (Å²) in [5.41, 5.74) is 4.00. The molecule has 1 aliphatic rings. The van der Waals surface area contributed by atoms with Crippen LogP contribution in [0.3, 0.4) is 0 Å². The summed E-state index contributed by atoms with van der Waals surface area (Å²) in [5, 5.41) is 5.94. The normalized spacial score (nSPS) is 15.1. The van der Waals surface area contributed by atoms with Crippen molar-refractivity contribution in [1.29, 1.82) is 0 Å². The molecule has 0 aliphatic carbocycles. The van der Waals surface area contributed by atoms with Gasteiger partial charge in [-0.25, -0.2) is 0 Å². The zero-order valence-electron chi connectivity index (χ0n) is 17.3. The molecule has 29 heavy (non-hydrogen) atoms. The average Bonchev–Trinajstić information content (AvgIpc) is 2.72. The molecule has 2 aromatic carbocycles. The van der Waals surface area contributed by atoms with Gasteiger partial charge in [0.1, 0.15) is 0 Å². The summed E-state index contributed by atoms with van der Waals surface area (Å²) < 4.78 is 0. The van der Waals surface area contributed by atoms with Crippen LogP contribution in [-0.4, -0.2) is 60.9 Å². The molecule has 0 spiro atoms. The fourth-order valence-electron chi connectivity index (χ4n) is 3.45. The Balaban J connectivity index is 1.36. The number of benzene rings is 2. The predicted molar refractivity (Wildman–Crippen MR) is 117 cm³/mol. The van der Waals surface area contributed by atoms with Gasteiger partial charge in [-0.15, -0.1) is 0 Å². The first-order valence-electron chi connectivity index (χ1n) is 10.2. The Labute approximate surface area is 172 Å². The highest BCUT2D eigenvalue weighted by molar-refractivity contribution is 5.93. The molecule has 154 valence electrons. The van der Waals surface area contributed by atoms with Crippen molar-refractivity contribution in [3.63, 3.8) is 0 Å². The van der Waals surface area contributed by atoms with Crippen LogP contribution in [0.4, 0.5) is 11.4 Å². The summed E-state index contributed by atoms with van der Waals surface area (Å²) in [6.07, 6.45) is 0.474. The molecule has 1 saturated heterocycles. The number of anilines is 2. The molecule has 0 aromatic heterocycles. The van der Waals surface area contributed by atoms with Gasteiger partial charge in [0.05, 0.1) is 6.54 Å². The molecule has 3 rings (SSSR count). The van der Waals surface area contributed by atoms with Crippen LogP contribution in [0.15, 0.2) is 48.5 Å². The Kier molecular flexibility index (Phi) is 7.38. The molecule has 2 amide bonds. The van der Waals surface area contributed by atoms with Gasteiger partial charge in [0.2, 0.25) is 11.8 Å². The molecule has 0 saturated carbocycles. The number of hydrogen-bond acceptors (Lipinski definition) is 4. The van der Waals surface area contributed by atoms with Crippen molar-refractivity contribution >= 4 is 23.2 Å². The number of carbonyl (C=O) groups excluding carboxylic acids is 2. The van der Waals surface area contributed by atoms with E-state index < -0.39 is 0 Å². The number of piperazine rings is 1. The van der Waals surface area contributed by atoms with Gasteiger partial charge >= 0.3 is 0 Å². The van der Waals surface area contributed by atoms with E-state index in [2.05, 4.69) is 20.4 Å². The fourth-order valence-corrected chi connectivity index (χ4v) is 3.45. The smallest absolute Gasteiger partial charge is 0.238 e. The Morgan fingerprint density at radius 1 is 0.828 bits per heavy atom. The van der Waals surface area contributed by atoms with Crippen molar-refractivity contribution in [1.82, 2.24) is 9.80 Å². The Morgan fingerprint density at radius 3 is 2.24 bits per heavy atom. The minimum Gasteiger partial charge on any atom is -0.326 e. The maximum Gasteiger partial charge on any atom is 0.238 e. The third-order valence-electron chi connectivity index (χ3n) is 5.42. The molecule has 6 nitrogen and oxygen atoms in total. The van der Waals surface area contributed by atoms with Crippen LogP contribution in [0.2, 0.25) is 0 Å². The van der Waals surface area contributed by atoms with E-state index in [9.17, 15) is 9.59 Å². The number of amides is 2. The van der Waals surface area contributed by atoms with Gasteiger partial charge in [-0.05, 0) is 43.2 Å². The number of rotatable bonds is 7. The molecule has 0 unspecified atom stereocenters. The molecular weight excluding hydrogens is 364 g/mol. The second-order valence-corrected chi connectivity index (χ2v) is 7.58. The van der Waals surface area contributed by atoms with E-state index in [1.165, 1.54) is 5.56 Å². The monoisotopic (exact) mass is 394 g/mol. The topological polar surface area (TPSA) is 64.7 Å². The van der Waals surface area contributed by atoms with Crippen LogP contribution in [0.1, 0.15) is 17.5 Å². The van der Waals surface area contributed by atoms with E-state index in [4.69, 9.17) is 0 Å². The molecule has 2 aromatic rings. The van der Waals surface area contributed by atoms with Crippen molar-refractivity contribution in [2.45, 2.75) is 20.3 Å². The first-order chi connectivity index (χ1) is 14.0. The number of para-hydroxylation sites is 1. The van der Waals surface area contributed by atoms with E-state index in [1.807, 2.05) is 62.4 Å². The van der Waals surface area contributed by atoms with Crippen molar-refractivity contribution in [2.75, 3.05) is 49.9 Å². The SMILES string of the molecule is Cc1cccc(NC(=O)CN2CCN(CCC(=O)Nc3ccccc3)CC2)c1C. The van der Waals surface area contributed by atoms with E-state index >= 15 is 0 Å². The molecule has 1 aliphatic heterocycles. The maximum absolute atomic E-state index is 12.4. The molecular formula is C23H30N4O2. The van der Waals surface area contributed by atoms with E-state index in [0.717, 1.165) is 49.7 Å². The first-order valence-corrected chi connectivity index (χ1v) is 10.2. The minimum absolute atomic E-state index is 0.0226. The van der Waals surface area contributed by atoms with E-state index in [1.54, 1.807) is 0 Å². The van der Waals surface area contributed by atoms with Crippen molar-refractivity contribution < 1.29 is 9.59 Å². The van der Waals surface area contributed by atoms with Crippen LogP contribution >= 0.6 is 0 Å². The van der Waals surface area contributed by atoms with Crippen LogP contribution in [-0.2, 0) is 9.59 Å². The lowest BCUT2D eigenvalue weighted by Gasteiger charge is -2.34. The highest BCUT2D eigenvalue weighted by atomic mass is 16.2. The predicted octanol–water partition coefficient (Wildman–Crippen LogP) is 2.89. The summed E-state index contributed by atoms with van der Waals surface area (Å²) in [5.74, 6) is 0.0564. The summed E-state index contributed by atoms with van der Waals surface area (Å²) >= 11 is 0. The van der Waals surface area contributed by atoms with E-state index in [-0.39, 0.29) is 11.8 Å². The van der Waals surface area contributed by atoms with Crippen LogP contribution in [0, 0.1) is 13.8 Å². The average molecular weight is 395 g/mol. The number of hydrogen-bond donors (Lipinski definition) is 2. The molecule has 2 N–H and O–H groups in total. The summed E-state index contributed by atoms with van der Waals surface area (Å²) in [4.78, 5) is 28.9. The van der Waals surface area contributed by atoms with Crippen molar-refractivity contribution in [2.24, 2.45) is 0 Å². The third-order valence-corrected chi connectivity index (χ3v) is 5.42. The van der Waals surface area contributed by atoms with Crippen LogP contribution in [0.25, 0.3) is 0 Å². The Bertz CT molecular complexity index is 830. The van der Waals surface area contributed by atoms with Gasteiger partial charge < -0.3 is 15.5 Å². The third kappa shape index (κ3) is 6.41. The number of aryl methyl sites for hydroxylation is 1. The summed E-state index contributed by atoms with van der Waals surface area (Å²) in [6, 6.07) is 15.5. The molecule has 0 atom stereocenters. The van der Waals surface area contributed by atoms with Gasteiger partial charge in [-0.3, -0.25) is 14.5 Å². The number of nitrogens with one attached hydrogen (secondary N) is 2. The highest BCUT2D eigenvalue weighted by Gasteiger charge is 2.19. The minimum atomic E-state index is 0.0226. The lowest BCUT2D eigenvalue weighted by Crippen LogP contribution is -2.49. The van der Waals surface area contributed by atoms with Gasteiger partial charge in [0.25, 0.3) is 0 Å². The van der Waals surface area contributed by atoms with Crippen LogP contribution in [0.5, 0.6) is 0 Å². The summed E-state index contributed by atoms with van der Waals surface area (Å²) in [6.45, 7) is 8.62. The molecule has 0 radical (unpaired) electrons. The largest absolute Gasteiger partial charge is 0.326 e. The van der Waals surface area contributed by atoms with Gasteiger partial charge in [-0.2, -0.15) is 0 Å². The standard InChI is InChI=1S/C23H30N4O2/c1-18-7-6-10-21(19(18)2)25-23(29)17-27-15-13-26(14-16-27)12-11-22(28)24-20-8-4-3-5-9-20/h3-10H,11-17H2,1-2H3,(H,24,28)(H,25,29). The van der Waals surface area contributed by atoms with Gasteiger partial charge in [-0.1, -0.05) is 30.3 Å². The van der Waals surface area contributed by atoms with Crippen LogP contribution < -0.4 is 10.6 Å². The zero-order valence-corrected chi connectivity index (χ0v) is 17.3. The number of nitrogens with zero attached hydrogens (tertiary/aromatic N) is 2. The lowest BCUT2D eigenvalue weighted by atomic mass is 10.1. The molecule has 1 heterocycles. The Morgan fingerprint density at radius 2 is 1.52 bits per heavy atom. The van der Waals surface area contributed by atoms with E-state index in [0.29, 0.717) is 13.0 Å². The Hall–Kier alpha value is -2.70. The lowest BCUT2D eigenvalue weighted by molar-refractivity contribution is -0.117. The van der Waals surface area contributed by atoms with Crippen molar-refractivity contribution in [3.8, 4) is 0 Å². The van der Waals surface area contributed by atoms with Gasteiger partial charge in [0, 0.05) is 50.5 Å². The molecule has 0 bridgehead atoms. The molecule has 1 fully saturated rings. The molecule has 6 heteroatoms.